The third kappa shape index (κ3) is 2.66. The summed E-state index contributed by atoms with van der Waals surface area (Å²) < 4.78 is 5.93. The van der Waals surface area contributed by atoms with Crippen molar-refractivity contribution in [2.45, 2.75) is 6.42 Å². The van der Waals surface area contributed by atoms with E-state index in [1.54, 1.807) is 0 Å². The second-order valence-corrected chi connectivity index (χ2v) is 6.52. The predicted molar refractivity (Wildman–Crippen MR) is 106 cm³/mol. The summed E-state index contributed by atoms with van der Waals surface area (Å²) in [5.74, 6) is 0. The minimum absolute atomic E-state index is 0.910. The maximum absolute atomic E-state index is 5.93. The summed E-state index contributed by atoms with van der Waals surface area (Å²) in [6.07, 6.45) is 2.80. The van der Waals surface area contributed by atoms with E-state index < -0.39 is 0 Å². The van der Waals surface area contributed by atoms with E-state index in [-0.39, 0.29) is 0 Å². The van der Waals surface area contributed by atoms with Gasteiger partial charge in [0.05, 0.1) is 5.69 Å². The van der Waals surface area contributed by atoms with Crippen molar-refractivity contribution in [3.8, 4) is 11.3 Å². The van der Waals surface area contributed by atoms with E-state index in [4.69, 9.17) is 4.42 Å². The molecule has 5 aromatic rings. The number of hydrogen-bond donors (Lipinski definition) is 0. The molecule has 0 aliphatic rings. The van der Waals surface area contributed by atoms with Gasteiger partial charge in [-0.25, -0.2) is 0 Å². The van der Waals surface area contributed by atoms with E-state index in [0.717, 1.165) is 39.6 Å². The highest BCUT2D eigenvalue weighted by molar-refractivity contribution is 6.06. The van der Waals surface area contributed by atoms with Crippen LogP contribution >= 0.6 is 0 Å². The quantitative estimate of drug-likeness (QED) is 0.390. The molecule has 5 rings (SSSR count). The van der Waals surface area contributed by atoms with Gasteiger partial charge >= 0.3 is 0 Å². The van der Waals surface area contributed by atoms with Crippen LogP contribution in [-0.4, -0.2) is 4.98 Å². The van der Waals surface area contributed by atoms with Crippen LogP contribution in [0.15, 0.2) is 95.5 Å². The van der Waals surface area contributed by atoms with Gasteiger partial charge in [-0.15, -0.1) is 0 Å². The lowest BCUT2D eigenvalue weighted by molar-refractivity contribution is 0.669. The number of fused-ring (bicyclic) bond motifs is 3. The first kappa shape index (κ1) is 14.9. The molecule has 0 radical (unpaired) electrons. The largest absolute Gasteiger partial charge is 0.456 e. The average Bonchev–Trinajstić information content (AvgIpc) is 3.07. The lowest BCUT2D eigenvalue weighted by Crippen LogP contribution is -1.91. The van der Waals surface area contributed by atoms with Gasteiger partial charge in [0.2, 0.25) is 0 Å². The van der Waals surface area contributed by atoms with Crippen LogP contribution in [0.5, 0.6) is 0 Å². The molecule has 0 spiro atoms. The molecule has 0 aliphatic heterocycles. The van der Waals surface area contributed by atoms with Gasteiger partial charge in [0.25, 0.3) is 0 Å². The van der Waals surface area contributed by atoms with Crippen molar-refractivity contribution < 1.29 is 4.42 Å². The summed E-state index contributed by atoms with van der Waals surface area (Å²) in [4.78, 5) is 4.59. The number of aromatic nitrogens is 1. The standard InChI is InChI=1S/C24H17NO/c1-2-6-17(7-3-1)14-18-12-13-25-22(15-18)19-10-11-24-21(16-19)20-8-4-5-9-23(20)26-24/h1-13,15-16H,14H2. The summed E-state index contributed by atoms with van der Waals surface area (Å²) in [5, 5.41) is 2.28. The fourth-order valence-electron chi connectivity index (χ4n) is 3.46. The molecular formula is C24H17NO. The Morgan fingerprint density at radius 2 is 1.46 bits per heavy atom. The first-order chi connectivity index (χ1) is 12.9. The minimum atomic E-state index is 0.910. The van der Waals surface area contributed by atoms with Gasteiger partial charge in [-0.3, -0.25) is 4.98 Å². The Kier molecular flexibility index (Phi) is 3.53. The van der Waals surface area contributed by atoms with E-state index >= 15 is 0 Å². The van der Waals surface area contributed by atoms with E-state index in [9.17, 15) is 0 Å². The molecule has 2 heterocycles. The SMILES string of the molecule is c1ccc(Cc2ccnc(-c3ccc4oc5ccccc5c4c3)c2)cc1. The van der Waals surface area contributed by atoms with Crippen molar-refractivity contribution in [2.75, 3.05) is 0 Å². The Hall–Kier alpha value is -3.39. The summed E-state index contributed by atoms with van der Waals surface area (Å²) in [5.41, 5.74) is 6.50. The van der Waals surface area contributed by atoms with E-state index in [0.29, 0.717) is 0 Å². The maximum atomic E-state index is 5.93. The number of hydrogen-bond acceptors (Lipinski definition) is 2. The number of benzene rings is 3. The second-order valence-electron chi connectivity index (χ2n) is 6.52. The Labute approximate surface area is 151 Å². The Morgan fingerprint density at radius 1 is 0.654 bits per heavy atom. The Bertz CT molecular complexity index is 1200. The summed E-state index contributed by atoms with van der Waals surface area (Å²) in [6.45, 7) is 0. The van der Waals surface area contributed by atoms with Gasteiger partial charge in [0.15, 0.2) is 0 Å². The van der Waals surface area contributed by atoms with Crippen LogP contribution in [0.1, 0.15) is 11.1 Å². The number of nitrogens with zero attached hydrogens (tertiary/aromatic N) is 1. The topological polar surface area (TPSA) is 26.0 Å². The van der Waals surface area contributed by atoms with Gasteiger partial charge in [0, 0.05) is 22.5 Å². The molecule has 0 saturated carbocycles. The van der Waals surface area contributed by atoms with E-state index in [2.05, 4.69) is 59.6 Å². The second kappa shape index (κ2) is 6.16. The van der Waals surface area contributed by atoms with Gasteiger partial charge in [-0.2, -0.15) is 0 Å². The predicted octanol–water partition coefficient (Wildman–Crippen LogP) is 6.24. The first-order valence-electron chi connectivity index (χ1n) is 8.77. The number of pyridine rings is 1. The third-order valence-electron chi connectivity index (χ3n) is 4.75. The molecule has 0 aliphatic carbocycles. The highest BCUT2D eigenvalue weighted by atomic mass is 16.3. The molecule has 2 heteroatoms. The maximum Gasteiger partial charge on any atom is 0.135 e. The van der Waals surface area contributed by atoms with Gasteiger partial charge in [-0.05, 0) is 53.9 Å². The summed E-state index contributed by atoms with van der Waals surface area (Å²) in [7, 11) is 0. The zero-order chi connectivity index (χ0) is 17.3. The number of para-hydroxylation sites is 1. The molecule has 0 atom stereocenters. The normalized spacial score (nSPS) is 11.2. The fourth-order valence-corrected chi connectivity index (χ4v) is 3.46. The van der Waals surface area contributed by atoms with Crippen molar-refractivity contribution in [3.63, 3.8) is 0 Å². The van der Waals surface area contributed by atoms with Crippen LogP contribution in [0.2, 0.25) is 0 Å². The van der Waals surface area contributed by atoms with Crippen LogP contribution < -0.4 is 0 Å². The molecule has 0 fully saturated rings. The smallest absolute Gasteiger partial charge is 0.135 e. The minimum Gasteiger partial charge on any atom is -0.456 e. The van der Waals surface area contributed by atoms with Crippen LogP contribution in [0.4, 0.5) is 0 Å². The van der Waals surface area contributed by atoms with E-state index in [1.807, 2.05) is 36.5 Å². The van der Waals surface area contributed by atoms with Crippen LogP contribution in [0.25, 0.3) is 33.2 Å². The van der Waals surface area contributed by atoms with Gasteiger partial charge in [0.1, 0.15) is 11.2 Å². The summed E-state index contributed by atoms with van der Waals surface area (Å²) in [6, 6.07) is 29.2. The molecule has 0 N–H and O–H groups in total. The van der Waals surface area contributed by atoms with Crippen molar-refractivity contribution in [2.24, 2.45) is 0 Å². The molecule has 3 aromatic carbocycles. The van der Waals surface area contributed by atoms with Crippen molar-refractivity contribution in [3.05, 3.63) is 102 Å². The molecule has 0 amide bonds. The lowest BCUT2D eigenvalue weighted by Gasteiger charge is -2.05. The first-order valence-corrected chi connectivity index (χ1v) is 8.77. The fraction of sp³-hybridized carbons (Fsp3) is 0.0417. The van der Waals surface area contributed by atoms with E-state index in [1.165, 1.54) is 11.1 Å². The highest BCUT2D eigenvalue weighted by Gasteiger charge is 2.09. The van der Waals surface area contributed by atoms with Gasteiger partial charge < -0.3 is 4.42 Å². The van der Waals surface area contributed by atoms with Crippen molar-refractivity contribution >= 4 is 21.9 Å². The molecule has 124 valence electrons. The molecule has 0 bridgehead atoms. The zero-order valence-electron chi connectivity index (χ0n) is 14.2. The van der Waals surface area contributed by atoms with Crippen molar-refractivity contribution in [1.82, 2.24) is 4.98 Å². The molecule has 26 heavy (non-hydrogen) atoms. The van der Waals surface area contributed by atoms with Crippen LogP contribution in [-0.2, 0) is 6.42 Å². The Morgan fingerprint density at radius 3 is 2.38 bits per heavy atom. The molecular weight excluding hydrogens is 318 g/mol. The van der Waals surface area contributed by atoms with Gasteiger partial charge in [-0.1, -0.05) is 48.5 Å². The third-order valence-corrected chi connectivity index (χ3v) is 4.75. The molecule has 2 nitrogen and oxygen atoms in total. The lowest BCUT2D eigenvalue weighted by atomic mass is 10.0. The molecule has 0 saturated heterocycles. The monoisotopic (exact) mass is 335 g/mol. The van der Waals surface area contributed by atoms with Crippen LogP contribution in [0.3, 0.4) is 0 Å². The van der Waals surface area contributed by atoms with Crippen LogP contribution in [0, 0.1) is 0 Å². The molecule has 0 unspecified atom stereocenters. The van der Waals surface area contributed by atoms with Crippen molar-refractivity contribution in [1.29, 1.82) is 0 Å². The number of furan rings is 1. The number of rotatable bonds is 3. The Balaban J connectivity index is 1.57. The zero-order valence-corrected chi connectivity index (χ0v) is 14.2. The highest BCUT2D eigenvalue weighted by Crippen LogP contribution is 2.32. The average molecular weight is 335 g/mol. The summed E-state index contributed by atoms with van der Waals surface area (Å²) >= 11 is 0. The molecule has 2 aromatic heterocycles.